The number of hydrogen-bond acceptors (Lipinski definition) is 8. The molecule has 3 aliphatic carbocycles. The van der Waals surface area contributed by atoms with Crippen LogP contribution in [0.4, 0.5) is 0 Å². The maximum Gasteiger partial charge on any atom is 0.303 e. The number of rotatable bonds is 13. The first-order chi connectivity index (χ1) is 21.7. The molecule has 4 aliphatic rings. The summed E-state index contributed by atoms with van der Waals surface area (Å²) in [5, 5.41) is 43.0. The smallest absolute Gasteiger partial charge is 0.303 e. The van der Waals surface area contributed by atoms with Crippen LogP contribution in [0.3, 0.4) is 0 Å². The number of carbonyl (C=O) groups excluding carboxylic acids is 1. The monoisotopic (exact) mass is 662 g/mol. The van der Waals surface area contributed by atoms with Gasteiger partial charge in [0, 0.05) is 13.3 Å². The number of aliphatic hydroxyl groups excluding tert-OH is 2. The Hall–Kier alpha value is -1.78. The highest BCUT2D eigenvalue weighted by Crippen LogP contribution is 2.74. The topological polar surface area (TPSA) is 143 Å². The zero-order chi connectivity index (χ0) is 35.3. The molecule has 1 saturated heterocycles. The predicted octanol–water partition coefficient (Wildman–Crippen LogP) is 6.04. The van der Waals surface area contributed by atoms with Crippen LogP contribution in [0.15, 0.2) is 24.3 Å². The molecule has 0 radical (unpaired) electrons. The van der Waals surface area contributed by atoms with Gasteiger partial charge in [0.15, 0.2) is 12.4 Å². The molecule has 0 unspecified atom stereocenters. The first-order valence-electron chi connectivity index (χ1n) is 17.8. The first kappa shape index (κ1) is 38.0. The predicted molar refractivity (Wildman–Crippen MR) is 179 cm³/mol. The molecule has 0 spiro atoms. The Balaban J connectivity index is 1.81. The molecule has 3 saturated carbocycles. The Morgan fingerprint density at radius 1 is 1.06 bits per heavy atom. The zero-order valence-electron chi connectivity index (χ0n) is 30.1. The number of aliphatic carboxylic acids is 1. The molecule has 0 amide bonds. The van der Waals surface area contributed by atoms with E-state index in [9.17, 15) is 30.0 Å². The molecule has 9 heteroatoms. The van der Waals surface area contributed by atoms with Crippen molar-refractivity contribution in [1.82, 2.24) is 0 Å². The molecule has 0 aromatic heterocycles. The minimum absolute atomic E-state index is 0.0558. The summed E-state index contributed by atoms with van der Waals surface area (Å²) < 4.78 is 18.5. The van der Waals surface area contributed by atoms with E-state index in [0.29, 0.717) is 31.6 Å². The molecule has 4 N–H and O–H groups in total. The SMILES string of the molecule is C=C(CC[C@](C)(O)[C@H]1CC[C@]2(C)[C@@H]1[C@H](O[C@@H]1O[C@@H](CO)[C@H](O)[C@H]1OC(C)=O)C[C@H]1[C@@](C)(CCC(=O)O)[C@H](C(=C)C)CC[C@]12C)C(C)C. The van der Waals surface area contributed by atoms with Crippen LogP contribution in [0.25, 0.3) is 0 Å². The van der Waals surface area contributed by atoms with E-state index in [1.165, 1.54) is 6.92 Å². The number of carbonyl (C=O) groups is 2. The summed E-state index contributed by atoms with van der Waals surface area (Å²) >= 11 is 0. The van der Waals surface area contributed by atoms with Gasteiger partial charge >= 0.3 is 11.9 Å². The number of aliphatic hydroxyl groups is 3. The van der Waals surface area contributed by atoms with E-state index < -0.39 is 54.9 Å². The molecule has 47 heavy (non-hydrogen) atoms. The van der Waals surface area contributed by atoms with E-state index in [0.717, 1.165) is 36.8 Å². The lowest BCUT2D eigenvalue weighted by Crippen LogP contribution is -2.64. The lowest BCUT2D eigenvalue weighted by molar-refractivity contribution is -0.271. The van der Waals surface area contributed by atoms with Crippen molar-refractivity contribution in [2.24, 2.45) is 45.8 Å². The third-order valence-electron chi connectivity index (χ3n) is 13.8. The van der Waals surface area contributed by atoms with Crippen LogP contribution in [-0.2, 0) is 23.8 Å². The summed E-state index contributed by atoms with van der Waals surface area (Å²) in [6, 6.07) is 0. The van der Waals surface area contributed by atoms with Crippen molar-refractivity contribution < 1.29 is 44.2 Å². The number of allylic oxidation sites excluding steroid dienone is 2. The van der Waals surface area contributed by atoms with Gasteiger partial charge in [0.1, 0.15) is 12.2 Å². The molecule has 0 bridgehead atoms. The van der Waals surface area contributed by atoms with Crippen LogP contribution >= 0.6 is 0 Å². The third kappa shape index (κ3) is 6.86. The van der Waals surface area contributed by atoms with Gasteiger partial charge in [-0.25, -0.2) is 0 Å². The Morgan fingerprint density at radius 2 is 1.70 bits per heavy atom. The fourth-order valence-electron chi connectivity index (χ4n) is 10.8. The van der Waals surface area contributed by atoms with Crippen LogP contribution < -0.4 is 0 Å². The van der Waals surface area contributed by atoms with E-state index in [-0.39, 0.29) is 46.3 Å². The number of ether oxygens (including phenoxy) is 3. The van der Waals surface area contributed by atoms with Gasteiger partial charge in [0.05, 0.1) is 18.3 Å². The normalized spacial score (nSPS) is 42.8. The lowest BCUT2D eigenvalue weighted by Gasteiger charge is -2.68. The minimum atomic E-state index is -1.26. The highest BCUT2D eigenvalue weighted by Gasteiger charge is 2.70. The highest BCUT2D eigenvalue weighted by atomic mass is 16.7. The van der Waals surface area contributed by atoms with E-state index in [1.807, 2.05) is 13.8 Å². The van der Waals surface area contributed by atoms with Crippen molar-refractivity contribution >= 4 is 11.9 Å². The van der Waals surface area contributed by atoms with Gasteiger partial charge in [-0.05, 0) is 111 Å². The zero-order valence-corrected chi connectivity index (χ0v) is 30.1. The number of fused-ring (bicyclic) bond motifs is 3. The Bertz CT molecular complexity index is 1200. The first-order valence-corrected chi connectivity index (χ1v) is 17.8. The summed E-state index contributed by atoms with van der Waals surface area (Å²) in [7, 11) is 0. The van der Waals surface area contributed by atoms with Crippen LogP contribution in [0.5, 0.6) is 0 Å². The second-order valence-corrected chi connectivity index (χ2v) is 16.8. The van der Waals surface area contributed by atoms with Gasteiger partial charge in [0.25, 0.3) is 0 Å². The second kappa shape index (κ2) is 13.9. The van der Waals surface area contributed by atoms with Crippen molar-refractivity contribution in [3.8, 4) is 0 Å². The fourth-order valence-corrected chi connectivity index (χ4v) is 10.8. The summed E-state index contributed by atoms with van der Waals surface area (Å²) in [5.41, 5.74) is 0.327. The molecule has 1 heterocycles. The average molecular weight is 663 g/mol. The number of esters is 1. The third-order valence-corrected chi connectivity index (χ3v) is 13.8. The van der Waals surface area contributed by atoms with Gasteiger partial charge < -0.3 is 34.6 Å². The van der Waals surface area contributed by atoms with Gasteiger partial charge in [-0.2, -0.15) is 0 Å². The van der Waals surface area contributed by atoms with Gasteiger partial charge in [-0.15, -0.1) is 0 Å². The summed E-state index contributed by atoms with van der Waals surface area (Å²) in [5.74, 6) is -1.09. The van der Waals surface area contributed by atoms with Crippen LogP contribution in [0.2, 0.25) is 0 Å². The standard InChI is InChI=1S/C38H62O9/c1-21(2)23(5)11-18-38(10,44)26-13-17-37(9)31(26)27(46-34-33(45-24(6)40)32(43)28(20-39)47-34)19-29-35(7,15-14-30(41)42)25(22(3)4)12-16-36(29,37)8/h21,25-29,31-34,39,43-44H,3,5,11-20H2,1-2,4,6-10H3,(H,41,42)/t25-,26-,27+,28-,29-,31-,32-,33+,34+,35-,36+,37+,38-/m0/s1. The van der Waals surface area contributed by atoms with E-state index in [4.69, 9.17) is 14.2 Å². The van der Waals surface area contributed by atoms with Crippen molar-refractivity contribution in [2.75, 3.05) is 6.61 Å². The van der Waals surface area contributed by atoms with Crippen LogP contribution in [-0.4, -0.2) is 75.3 Å². The van der Waals surface area contributed by atoms with E-state index >= 15 is 0 Å². The average Bonchev–Trinajstić information content (AvgIpc) is 3.49. The molecular formula is C38H62O9. The molecule has 4 fully saturated rings. The highest BCUT2D eigenvalue weighted by molar-refractivity contribution is 5.67. The maximum absolute atomic E-state index is 12.3. The molecular weight excluding hydrogens is 600 g/mol. The summed E-state index contributed by atoms with van der Waals surface area (Å²) in [6.07, 6.45) is 1.09. The molecule has 0 aromatic rings. The number of hydrogen-bond donors (Lipinski definition) is 4. The Morgan fingerprint density at radius 3 is 2.26 bits per heavy atom. The van der Waals surface area contributed by atoms with Crippen LogP contribution in [0, 0.1) is 45.8 Å². The molecule has 9 nitrogen and oxygen atoms in total. The molecule has 268 valence electrons. The summed E-state index contributed by atoms with van der Waals surface area (Å²) in [4.78, 5) is 24.1. The van der Waals surface area contributed by atoms with Gasteiger partial charge in [-0.3, -0.25) is 9.59 Å². The van der Waals surface area contributed by atoms with Crippen molar-refractivity contribution in [3.05, 3.63) is 24.3 Å². The number of carboxylic acids is 1. The Kier molecular flexibility index (Phi) is 11.2. The largest absolute Gasteiger partial charge is 0.481 e. The van der Waals surface area contributed by atoms with Gasteiger partial charge in [0.2, 0.25) is 0 Å². The maximum atomic E-state index is 12.3. The van der Waals surface area contributed by atoms with Gasteiger partial charge in [-0.1, -0.05) is 58.9 Å². The lowest BCUT2D eigenvalue weighted by atomic mass is 9.37. The van der Waals surface area contributed by atoms with Crippen LogP contribution in [0.1, 0.15) is 113 Å². The minimum Gasteiger partial charge on any atom is -0.481 e. The Labute approximate surface area is 282 Å². The summed E-state index contributed by atoms with van der Waals surface area (Å²) in [6.45, 7) is 24.6. The fraction of sp³-hybridized carbons (Fsp3) is 0.842. The van der Waals surface area contributed by atoms with E-state index in [2.05, 4.69) is 47.8 Å². The van der Waals surface area contributed by atoms with Crippen molar-refractivity contribution in [3.63, 3.8) is 0 Å². The molecule has 13 atom stereocenters. The van der Waals surface area contributed by atoms with E-state index in [1.54, 1.807) is 0 Å². The van der Waals surface area contributed by atoms with Crippen molar-refractivity contribution in [1.29, 1.82) is 0 Å². The molecule has 4 rings (SSSR count). The quantitative estimate of drug-likeness (QED) is 0.137. The second-order valence-electron chi connectivity index (χ2n) is 16.8. The molecule has 0 aromatic carbocycles. The molecule has 1 aliphatic heterocycles. The van der Waals surface area contributed by atoms with Crippen molar-refractivity contribution in [2.45, 2.75) is 149 Å². The number of carboxylic acid groups (broad SMARTS) is 1.